The lowest BCUT2D eigenvalue weighted by molar-refractivity contribution is 0.102. The summed E-state index contributed by atoms with van der Waals surface area (Å²) in [5.41, 5.74) is 0.348. The SMILES string of the molecule is CC(C)Sc1nnc(NC(=O)c2ccc(S(=O)(=O)N(C)C)cc2)s1. The highest BCUT2D eigenvalue weighted by atomic mass is 32.2. The molecule has 0 aliphatic rings. The zero-order valence-electron chi connectivity index (χ0n) is 13.7. The Morgan fingerprint density at radius 2 is 1.83 bits per heavy atom. The molecule has 0 bridgehead atoms. The van der Waals surface area contributed by atoms with Gasteiger partial charge >= 0.3 is 0 Å². The summed E-state index contributed by atoms with van der Waals surface area (Å²) in [6.45, 7) is 4.10. The molecular weight excluding hydrogens is 368 g/mol. The largest absolute Gasteiger partial charge is 0.296 e. The van der Waals surface area contributed by atoms with Gasteiger partial charge in [0.1, 0.15) is 0 Å². The first kappa shape index (κ1) is 18.8. The molecule has 0 spiro atoms. The molecule has 0 saturated heterocycles. The number of hydrogen-bond acceptors (Lipinski definition) is 7. The highest BCUT2D eigenvalue weighted by molar-refractivity contribution is 8.01. The number of carbonyl (C=O) groups excluding carboxylic acids is 1. The molecule has 2 aromatic rings. The zero-order valence-corrected chi connectivity index (χ0v) is 16.1. The van der Waals surface area contributed by atoms with Crippen LogP contribution in [0.1, 0.15) is 24.2 Å². The Balaban J connectivity index is 2.09. The van der Waals surface area contributed by atoms with E-state index in [0.717, 1.165) is 8.64 Å². The maximum atomic E-state index is 12.2. The van der Waals surface area contributed by atoms with Crippen LogP contribution < -0.4 is 5.32 Å². The summed E-state index contributed by atoms with van der Waals surface area (Å²) in [5.74, 6) is -0.360. The van der Waals surface area contributed by atoms with Gasteiger partial charge in [0.15, 0.2) is 4.34 Å². The highest BCUT2D eigenvalue weighted by Crippen LogP contribution is 2.28. The van der Waals surface area contributed by atoms with Gasteiger partial charge in [-0.2, -0.15) is 0 Å². The van der Waals surface area contributed by atoms with E-state index in [1.165, 1.54) is 49.7 Å². The van der Waals surface area contributed by atoms with E-state index < -0.39 is 10.0 Å². The van der Waals surface area contributed by atoms with Crippen LogP contribution >= 0.6 is 23.1 Å². The standard InChI is InChI=1S/C14H18N4O3S3/c1-9(2)22-14-17-16-13(23-14)15-12(19)10-5-7-11(8-6-10)24(20,21)18(3)4/h5-9H,1-4H3,(H,15,16,19). The minimum atomic E-state index is -3.51. The molecule has 7 nitrogen and oxygen atoms in total. The van der Waals surface area contributed by atoms with Crippen LogP contribution in [-0.2, 0) is 10.0 Å². The Morgan fingerprint density at radius 3 is 2.38 bits per heavy atom. The van der Waals surface area contributed by atoms with Gasteiger partial charge in [0.05, 0.1) is 4.90 Å². The Hall–Kier alpha value is -1.49. The summed E-state index contributed by atoms with van der Waals surface area (Å²) >= 11 is 2.87. The number of hydrogen-bond donors (Lipinski definition) is 1. The van der Waals surface area contributed by atoms with Gasteiger partial charge in [0.2, 0.25) is 15.2 Å². The molecule has 0 aliphatic carbocycles. The van der Waals surface area contributed by atoms with E-state index in [-0.39, 0.29) is 10.8 Å². The monoisotopic (exact) mass is 386 g/mol. The number of sulfonamides is 1. The van der Waals surface area contributed by atoms with Crippen LogP contribution in [0.15, 0.2) is 33.5 Å². The maximum absolute atomic E-state index is 12.2. The number of rotatable bonds is 6. The Morgan fingerprint density at radius 1 is 1.21 bits per heavy atom. The molecule has 1 aromatic carbocycles. The Labute approximate surface area is 149 Å². The summed E-state index contributed by atoms with van der Waals surface area (Å²) in [6, 6.07) is 5.75. The van der Waals surface area contributed by atoms with Crippen LogP contribution in [0, 0.1) is 0 Å². The molecule has 130 valence electrons. The number of benzene rings is 1. The number of aromatic nitrogens is 2. The van der Waals surface area contributed by atoms with Crippen LogP contribution in [0.3, 0.4) is 0 Å². The van der Waals surface area contributed by atoms with E-state index in [0.29, 0.717) is 15.9 Å². The smallest absolute Gasteiger partial charge is 0.257 e. The van der Waals surface area contributed by atoms with Crippen molar-refractivity contribution in [3.63, 3.8) is 0 Å². The van der Waals surface area contributed by atoms with Crippen LogP contribution in [0.4, 0.5) is 5.13 Å². The van der Waals surface area contributed by atoms with E-state index in [4.69, 9.17) is 0 Å². The molecule has 1 aromatic heterocycles. The average Bonchev–Trinajstić information content (AvgIpc) is 2.93. The number of carbonyl (C=O) groups is 1. The molecule has 0 atom stereocenters. The predicted octanol–water partition coefficient (Wildman–Crippen LogP) is 2.54. The van der Waals surface area contributed by atoms with E-state index >= 15 is 0 Å². The topological polar surface area (TPSA) is 92.3 Å². The lowest BCUT2D eigenvalue weighted by atomic mass is 10.2. The van der Waals surface area contributed by atoms with Gasteiger partial charge < -0.3 is 0 Å². The van der Waals surface area contributed by atoms with Gasteiger partial charge in [-0.15, -0.1) is 10.2 Å². The molecule has 0 saturated carbocycles. The number of nitrogens with zero attached hydrogens (tertiary/aromatic N) is 3. The van der Waals surface area contributed by atoms with Crippen molar-refractivity contribution in [3.05, 3.63) is 29.8 Å². The second-order valence-electron chi connectivity index (χ2n) is 5.31. The first-order chi connectivity index (χ1) is 11.2. The summed E-state index contributed by atoms with van der Waals surface area (Å²) in [7, 11) is -0.595. The maximum Gasteiger partial charge on any atom is 0.257 e. The summed E-state index contributed by atoms with van der Waals surface area (Å²) in [5, 5.41) is 11.4. The van der Waals surface area contributed by atoms with Crippen LogP contribution in [0.2, 0.25) is 0 Å². The second-order valence-corrected chi connectivity index (χ2v) is 10.3. The zero-order chi connectivity index (χ0) is 17.9. The van der Waals surface area contributed by atoms with Gasteiger partial charge in [-0.05, 0) is 24.3 Å². The second kappa shape index (κ2) is 7.60. The van der Waals surface area contributed by atoms with Crippen molar-refractivity contribution in [1.29, 1.82) is 0 Å². The summed E-state index contributed by atoms with van der Waals surface area (Å²) in [4.78, 5) is 12.3. The van der Waals surface area contributed by atoms with Crippen molar-refractivity contribution in [3.8, 4) is 0 Å². The lowest BCUT2D eigenvalue weighted by Gasteiger charge is -2.11. The molecule has 10 heteroatoms. The molecule has 0 fully saturated rings. The first-order valence-electron chi connectivity index (χ1n) is 7.04. The van der Waals surface area contributed by atoms with E-state index in [2.05, 4.69) is 15.5 Å². The Kier molecular flexibility index (Phi) is 5.97. The van der Waals surface area contributed by atoms with Crippen molar-refractivity contribution in [2.75, 3.05) is 19.4 Å². The molecule has 2 rings (SSSR count). The van der Waals surface area contributed by atoms with Crippen molar-refractivity contribution < 1.29 is 13.2 Å². The minimum absolute atomic E-state index is 0.135. The van der Waals surface area contributed by atoms with E-state index in [9.17, 15) is 13.2 Å². The molecule has 0 unspecified atom stereocenters. The summed E-state index contributed by atoms with van der Waals surface area (Å²) in [6.07, 6.45) is 0. The molecule has 0 aliphatic heterocycles. The van der Waals surface area contributed by atoms with Gasteiger partial charge in [0, 0.05) is 24.9 Å². The Bertz CT molecular complexity index is 814. The average molecular weight is 387 g/mol. The molecule has 1 N–H and O–H groups in total. The van der Waals surface area contributed by atoms with Gasteiger partial charge in [0.25, 0.3) is 5.91 Å². The van der Waals surface area contributed by atoms with Crippen molar-refractivity contribution in [1.82, 2.24) is 14.5 Å². The van der Waals surface area contributed by atoms with Crippen molar-refractivity contribution in [2.45, 2.75) is 28.3 Å². The molecular formula is C14H18N4O3S3. The lowest BCUT2D eigenvalue weighted by Crippen LogP contribution is -2.22. The third-order valence-corrected chi connectivity index (χ3v) is 6.61. The van der Waals surface area contributed by atoms with Crippen LogP contribution in [-0.4, -0.2) is 48.2 Å². The summed E-state index contributed by atoms with van der Waals surface area (Å²) < 4.78 is 25.9. The van der Waals surface area contributed by atoms with E-state index in [1.807, 2.05) is 13.8 Å². The number of thioether (sulfide) groups is 1. The van der Waals surface area contributed by atoms with E-state index in [1.54, 1.807) is 11.8 Å². The minimum Gasteiger partial charge on any atom is -0.296 e. The molecule has 24 heavy (non-hydrogen) atoms. The third-order valence-electron chi connectivity index (χ3n) is 2.86. The van der Waals surface area contributed by atoms with Crippen LogP contribution in [0.25, 0.3) is 0 Å². The van der Waals surface area contributed by atoms with Gasteiger partial charge in [-0.1, -0.05) is 36.9 Å². The van der Waals surface area contributed by atoms with Crippen molar-refractivity contribution >= 4 is 44.2 Å². The fraction of sp³-hybridized carbons (Fsp3) is 0.357. The van der Waals surface area contributed by atoms with Crippen molar-refractivity contribution in [2.24, 2.45) is 0 Å². The van der Waals surface area contributed by atoms with Crippen LogP contribution in [0.5, 0.6) is 0 Å². The number of anilines is 1. The fourth-order valence-corrected chi connectivity index (χ4v) is 4.54. The van der Waals surface area contributed by atoms with Gasteiger partial charge in [-0.3, -0.25) is 10.1 Å². The third kappa shape index (κ3) is 4.53. The quantitative estimate of drug-likeness (QED) is 0.606. The molecule has 1 amide bonds. The predicted molar refractivity (Wildman–Crippen MR) is 96.2 cm³/mol. The van der Waals surface area contributed by atoms with Gasteiger partial charge in [-0.25, -0.2) is 12.7 Å². The molecule has 0 radical (unpaired) electrons. The normalized spacial score (nSPS) is 11.9. The molecule has 1 heterocycles. The highest BCUT2D eigenvalue weighted by Gasteiger charge is 2.18. The fourth-order valence-electron chi connectivity index (χ4n) is 1.67. The number of amides is 1. The first-order valence-corrected chi connectivity index (χ1v) is 10.2. The number of nitrogens with one attached hydrogen (secondary N) is 1.